The van der Waals surface area contributed by atoms with E-state index in [0.717, 1.165) is 44.9 Å². The first-order chi connectivity index (χ1) is 16.9. The van der Waals surface area contributed by atoms with Gasteiger partial charge in [0.15, 0.2) is 0 Å². The SMILES string of the molecule is COc1ccc(S(=O)(=O)Nc2ccccc2C(=O)N2CCCCCC2)cc1C(=O)N1CCCCC1. The normalized spacial score (nSPS) is 16.9. The Morgan fingerprint density at radius 3 is 1.91 bits per heavy atom. The van der Waals surface area contributed by atoms with Crippen LogP contribution in [-0.2, 0) is 10.0 Å². The first-order valence-electron chi connectivity index (χ1n) is 12.3. The van der Waals surface area contributed by atoms with Gasteiger partial charge in [-0.25, -0.2) is 8.42 Å². The van der Waals surface area contributed by atoms with Gasteiger partial charge in [0.2, 0.25) is 0 Å². The molecule has 2 aliphatic rings. The molecule has 0 spiro atoms. The standard InChI is InChI=1S/C26H33N3O5S/c1-34-24-14-13-20(19-22(24)26(31)29-17-9-4-10-18-29)35(32,33)27-23-12-6-5-11-21(23)25(30)28-15-7-2-3-8-16-28/h5-6,11-14,19,27H,2-4,7-10,15-18H2,1H3. The van der Waals surface area contributed by atoms with Crippen molar-refractivity contribution in [2.24, 2.45) is 0 Å². The Labute approximate surface area is 207 Å². The third kappa shape index (κ3) is 5.78. The molecule has 2 amide bonds. The van der Waals surface area contributed by atoms with E-state index in [2.05, 4.69) is 4.72 Å². The summed E-state index contributed by atoms with van der Waals surface area (Å²) in [5.74, 6) is -0.0903. The van der Waals surface area contributed by atoms with E-state index in [1.807, 2.05) is 0 Å². The van der Waals surface area contributed by atoms with Gasteiger partial charge in [0.05, 0.1) is 28.8 Å². The van der Waals surface area contributed by atoms with Crippen LogP contribution in [0.1, 0.15) is 65.7 Å². The highest BCUT2D eigenvalue weighted by atomic mass is 32.2. The third-order valence-corrected chi connectivity index (χ3v) is 8.01. The molecule has 2 fully saturated rings. The van der Waals surface area contributed by atoms with Crippen molar-refractivity contribution in [2.45, 2.75) is 49.8 Å². The fourth-order valence-electron chi connectivity index (χ4n) is 4.70. The van der Waals surface area contributed by atoms with Crippen molar-refractivity contribution in [2.75, 3.05) is 38.0 Å². The number of sulfonamides is 1. The smallest absolute Gasteiger partial charge is 0.261 e. The maximum atomic E-state index is 13.4. The molecular weight excluding hydrogens is 466 g/mol. The molecule has 2 aromatic rings. The lowest BCUT2D eigenvalue weighted by Crippen LogP contribution is -2.36. The number of rotatable bonds is 6. The van der Waals surface area contributed by atoms with Crippen molar-refractivity contribution in [1.29, 1.82) is 0 Å². The zero-order valence-corrected chi connectivity index (χ0v) is 21.0. The number of nitrogens with one attached hydrogen (secondary N) is 1. The van der Waals surface area contributed by atoms with Crippen molar-refractivity contribution in [3.8, 4) is 5.75 Å². The Balaban J connectivity index is 1.61. The van der Waals surface area contributed by atoms with Crippen LogP contribution in [0.25, 0.3) is 0 Å². The van der Waals surface area contributed by atoms with E-state index in [0.29, 0.717) is 37.5 Å². The van der Waals surface area contributed by atoms with E-state index in [-0.39, 0.29) is 28.0 Å². The third-order valence-electron chi connectivity index (χ3n) is 6.65. The second-order valence-electron chi connectivity index (χ2n) is 9.07. The zero-order chi connectivity index (χ0) is 24.8. The second-order valence-corrected chi connectivity index (χ2v) is 10.8. The van der Waals surface area contributed by atoms with Crippen molar-refractivity contribution in [3.05, 3.63) is 53.6 Å². The number of piperidine rings is 1. The molecule has 0 atom stereocenters. The van der Waals surface area contributed by atoms with Gasteiger partial charge in [0, 0.05) is 26.2 Å². The van der Waals surface area contributed by atoms with Crippen LogP contribution in [0.2, 0.25) is 0 Å². The number of carbonyl (C=O) groups is 2. The molecule has 2 aliphatic heterocycles. The number of likely N-dealkylation sites (tertiary alicyclic amines) is 2. The van der Waals surface area contributed by atoms with Gasteiger partial charge in [-0.15, -0.1) is 0 Å². The van der Waals surface area contributed by atoms with Gasteiger partial charge >= 0.3 is 0 Å². The van der Waals surface area contributed by atoms with Crippen molar-refractivity contribution in [3.63, 3.8) is 0 Å². The average Bonchev–Trinajstić information content (AvgIpc) is 3.18. The van der Waals surface area contributed by atoms with E-state index in [1.165, 1.54) is 25.3 Å². The van der Waals surface area contributed by atoms with Gasteiger partial charge in [0.25, 0.3) is 21.8 Å². The number of nitrogens with zero attached hydrogens (tertiary/aromatic N) is 2. The van der Waals surface area contributed by atoms with Gasteiger partial charge in [-0.3, -0.25) is 14.3 Å². The minimum absolute atomic E-state index is 0.0596. The van der Waals surface area contributed by atoms with E-state index >= 15 is 0 Å². The molecule has 0 aliphatic carbocycles. The maximum absolute atomic E-state index is 13.4. The van der Waals surface area contributed by atoms with Crippen LogP contribution in [0.15, 0.2) is 47.4 Å². The minimum Gasteiger partial charge on any atom is -0.496 e. The van der Waals surface area contributed by atoms with Crippen LogP contribution in [-0.4, -0.2) is 63.3 Å². The van der Waals surface area contributed by atoms with Gasteiger partial charge in [0.1, 0.15) is 5.75 Å². The quantitative estimate of drug-likeness (QED) is 0.645. The number of carbonyl (C=O) groups excluding carboxylic acids is 2. The molecule has 0 aromatic heterocycles. The number of amides is 2. The highest BCUT2D eigenvalue weighted by Crippen LogP contribution is 2.28. The molecule has 2 heterocycles. The molecule has 0 unspecified atom stereocenters. The molecule has 9 heteroatoms. The van der Waals surface area contributed by atoms with Gasteiger partial charge in [-0.2, -0.15) is 0 Å². The first kappa shape index (κ1) is 25.0. The van der Waals surface area contributed by atoms with Crippen LogP contribution in [0.4, 0.5) is 5.69 Å². The Hall–Kier alpha value is -3.07. The topological polar surface area (TPSA) is 96.0 Å². The molecule has 0 saturated carbocycles. The lowest BCUT2D eigenvalue weighted by atomic mass is 10.1. The zero-order valence-electron chi connectivity index (χ0n) is 20.2. The molecule has 8 nitrogen and oxygen atoms in total. The van der Waals surface area contributed by atoms with E-state index < -0.39 is 10.0 Å². The molecule has 188 valence electrons. The lowest BCUT2D eigenvalue weighted by Gasteiger charge is -2.27. The van der Waals surface area contributed by atoms with Crippen molar-refractivity contribution in [1.82, 2.24) is 9.80 Å². The highest BCUT2D eigenvalue weighted by molar-refractivity contribution is 7.92. The lowest BCUT2D eigenvalue weighted by molar-refractivity contribution is 0.0719. The number of methoxy groups -OCH3 is 1. The largest absolute Gasteiger partial charge is 0.496 e. The Morgan fingerprint density at radius 2 is 1.31 bits per heavy atom. The summed E-state index contributed by atoms with van der Waals surface area (Å²) >= 11 is 0. The molecule has 1 N–H and O–H groups in total. The Bertz CT molecular complexity index is 1170. The predicted molar refractivity (Wildman–Crippen MR) is 134 cm³/mol. The van der Waals surface area contributed by atoms with E-state index in [9.17, 15) is 18.0 Å². The summed E-state index contributed by atoms with van der Waals surface area (Å²) in [5.41, 5.74) is 0.753. The van der Waals surface area contributed by atoms with Crippen LogP contribution in [0.3, 0.4) is 0 Å². The summed E-state index contributed by atoms with van der Waals surface area (Å²) in [5, 5.41) is 0. The predicted octanol–water partition coefficient (Wildman–Crippen LogP) is 4.14. The summed E-state index contributed by atoms with van der Waals surface area (Å²) in [6.07, 6.45) is 7.00. The molecule has 4 rings (SSSR count). The van der Waals surface area contributed by atoms with Crippen LogP contribution >= 0.6 is 0 Å². The number of anilines is 1. The first-order valence-corrected chi connectivity index (χ1v) is 13.8. The van der Waals surface area contributed by atoms with Crippen LogP contribution in [0.5, 0.6) is 5.75 Å². The van der Waals surface area contributed by atoms with Gasteiger partial charge in [-0.1, -0.05) is 25.0 Å². The fourth-order valence-corrected chi connectivity index (χ4v) is 5.80. The van der Waals surface area contributed by atoms with Gasteiger partial charge < -0.3 is 14.5 Å². The fraction of sp³-hybridized carbons (Fsp3) is 0.462. The molecule has 35 heavy (non-hydrogen) atoms. The summed E-state index contributed by atoms with van der Waals surface area (Å²) in [6.45, 7) is 2.62. The Morgan fingerprint density at radius 1 is 0.771 bits per heavy atom. The maximum Gasteiger partial charge on any atom is 0.261 e. The Kier molecular flexibility index (Phi) is 7.95. The molecule has 0 radical (unpaired) electrons. The minimum atomic E-state index is -4.07. The molecule has 0 bridgehead atoms. The van der Waals surface area contributed by atoms with E-state index in [4.69, 9.17) is 4.74 Å². The van der Waals surface area contributed by atoms with E-state index in [1.54, 1.807) is 34.1 Å². The summed E-state index contributed by atoms with van der Waals surface area (Å²) in [6, 6.07) is 10.9. The number of ether oxygens (including phenoxy) is 1. The number of hydrogen-bond acceptors (Lipinski definition) is 5. The number of benzene rings is 2. The highest BCUT2D eigenvalue weighted by Gasteiger charge is 2.26. The van der Waals surface area contributed by atoms with Gasteiger partial charge in [-0.05, 0) is 62.4 Å². The summed E-state index contributed by atoms with van der Waals surface area (Å²) in [4.78, 5) is 29.8. The summed E-state index contributed by atoms with van der Waals surface area (Å²) in [7, 11) is -2.61. The second kappa shape index (κ2) is 11.1. The van der Waals surface area contributed by atoms with Crippen LogP contribution in [0, 0.1) is 0 Å². The van der Waals surface area contributed by atoms with Crippen molar-refractivity contribution < 1.29 is 22.7 Å². The monoisotopic (exact) mass is 499 g/mol. The molecule has 2 saturated heterocycles. The molecular formula is C26H33N3O5S. The molecule has 2 aromatic carbocycles. The van der Waals surface area contributed by atoms with Crippen LogP contribution < -0.4 is 9.46 Å². The van der Waals surface area contributed by atoms with Crippen molar-refractivity contribution >= 4 is 27.5 Å². The summed E-state index contributed by atoms with van der Waals surface area (Å²) < 4.78 is 34.7. The average molecular weight is 500 g/mol. The number of hydrogen-bond donors (Lipinski definition) is 1. The number of para-hydroxylation sites is 1.